The van der Waals surface area contributed by atoms with Crippen LogP contribution < -0.4 is 4.90 Å². The minimum atomic E-state index is -0.761. The average molecular weight is 411 g/mol. The fraction of sp³-hybridized carbons (Fsp3) is 0.200. The minimum absolute atomic E-state index is 0.126. The molecule has 6 nitrogen and oxygen atoms in total. The number of nitriles is 1. The van der Waals surface area contributed by atoms with E-state index < -0.39 is 17.9 Å². The van der Waals surface area contributed by atoms with Gasteiger partial charge >= 0.3 is 5.97 Å². The lowest BCUT2D eigenvalue weighted by Gasteiger charge is -2.26. The summed E-state index contributed by atoms with van der Waals surface area (Å²) in [5.41, 5.74) is 3.22. The molecular weight excluding hydrogens is 390 g/mol. The quantitative estimate of drug-likeness (QED) is 0.587. The normalized spacial score (nSPS) is 17.0. The fourth-order valence-corrected chi connectivity index (χ4v) is 4.23. The maximum absolute atomic E-state index is 12.7. The van der Waals surface area contributed by atoms with Crippen molar-refractivity contribution in [1.82, 2.24) is 4.98 Å². The van der Waals surface area contributed by atoms with Crippen molar-refractivity contribution in [3.8, 4) is 17.2 Å². The molecular formula is C25H21N3O3. The van der Waals surface area contributed by atoms with Gasteiger partial charge in [0.1, 0.15) is 17.8 Å². The number of hydrogen-bond acceptors (Lipinski definition) is 6. The monoisotopic (exact) mass is 411 g/mol. The molecule has 1 aromatic heterocycles. The Morgan fingerprint density at radius 2 is 1.74 bits per heavy atom. The van der Waals surface area contributed by atoms with Crippen LogP contribution in [0.25, 0.3) is 11.1 Å². The zero-order chi connectivity index (χ0) is 22.0. The lowest BCUT2D eigenvalue weighted by Crippen LogP contribution is -2.39. The fourth-order valence-electron chi connectivity index (χ4n) is 4.23. The van der Waals surface area contributed by atoms with E-state index in [1.807, 2.05) is 65.6 Å². The molecule has 0 bridgehead atoms. The van der Waals surface area contributed by atoms with E-state index in [-0.39, 0.29) is 11.3 Å². The molecule has 3 aromatic rings. The highest BCUT2D eigenvalue weighted by Crippen LogP contribution is 2.47. The number of esters is 1. The first kappa shape index (κ1) is 20.3. The van der Waals surface area contributed by atoms with Crippen LogP contribution in [0.1, 0.15) is 34.3 Å². The SMILES string of the molecule is COC(=O)c1cnc2c(c1-c1ccccc1)C(C#N)C(C(C)=O)N2Cc1ccccc1. The molecule has 0 spiro atoms. The molecule has 0 saturated carbocycles. The Morgan fingerprint density at radius 3 is 2.32 bits per heavy atom. The Hall–Kier alpha value is -3.98. The highest BCUT2D eigenvalue weighted by Gasteiger charge is 2.45. The van der Waals surface area contributed by atoms with Crippen LogP contribution in [0.3, 0.4) is 0 Å². The van der Waals surface area contributed by atoms with Crippen LogP contribution in [-0.2, 0) is 16.1 Å². The van der Waals surface area contributed by atoms with E-state index in [1.54, 1.807) is 0 Å². The standard InChI is InChI=1S/C25H21N3O3/c1-16(29)23-19(13-26)22-21(18-11-7-4-8-12-18)20(25(30)31-2)14-27-24(22)28(23)15-17-9-5-3-6-10-17/h3-12,14,19,23H,15H2,1-2H3. The highest BCUT2D eigenvalue weighted by molar-refractivity contribution is 6.01. The van der Waals surface area contributed by atoms with Gasteiger partial charge in [-0.05, 0) is 18.1 Å². The number of aromatic nitrogens is 1. The zero-order valence-corrected chi connectivity index (χ0v) is 17.3. The van der Waals surface area contributed by atoms with Crippen LogP contribution in [0.4, 0.5) is 5.82 Å². The number of carbonyl (C=O) groups excluding carboxylic acids is 2. The average Bonchev–Trinajstić information content (AvgIpc) is 3.12. The second kappa shape index (κ2) is 8.41. The van der Waals surface area contributed by atoms with E-state index in [2.05, 4.69) is 11.1 Å². The van der Waals surface area contributed by atoms with Gasteiger partial charge in [0.05, 0.1) is 18.7 Å². The number of benzene rings is 2. The lowest BCUT2D eigenvalue weighted by molar-refractivity contribution is -0.118. The van der Waals surface area contributed by atoms with E-state index in [1.165, 1.54) is 20.2 Å². The van der Waals surface area contributed by atoms with Crippen LogP contribution in [0, 0.1) is 11.3 Å². The van der Waals surface area contributed by atoms with Gasteiger partial charge < -0.3 is 9.64 Å². The van der Waals surface area contributed by atoms with Gasteiger partial charge in [0.15, 0.2) is 5.78 Å². The van der Waals surface area contributed by atoms with Gasteiger partial charge in [-0.3, -0.25) is 4.79 Å². The second-order valence-electron chi connectivity index (χ2n) is 7.42. The summed E-state index contributed by atoms with van der Waals surface area (Å²) in [6.45, 7) is 1.91. The van der Waals surface area contributed by atoms with E-state index >= 15 is 0 Å². The largest absolute Gasteiger partial charge is 0.465 e. The number of fused-ring (bicyclic) bond motifs is 1. The third kappa shape index (κ3) is 3.55. The highest BCUT2D eigenvalue weighted by atomic mass is 16.5. The molecule has 2 atom stereocenters. The smallest absolute Gasteiger partial charge is 0.340 e. The second-order valence-corrected chi connectivity index (χ2v) is 7.42. The van der Waals surface area contributed by atoms with Gasteiger partial charge in [-0.2, -0.15) is 5.26 Å². The molecule has 0 N–H and O–H groups in total. The molecule has 2 heterocycles. The van der Waals surface area contributed by atoms with Crippen LogP contribution in [0.5, 0.6) is 0 Å². The van der Waals surface area contributed by atoms with Crippen molar-refractivity contribution in [3.63, 3.8) is 0 Å². The first-order chi connectivity index (χ1) is 15.1. The Kier molecular flexibility index (Phi) is 5.50. The third-order valence-corrected chi connectivity index (χ3v) is 5.55. The summed E-state index contributed by atoms with van der Waals surface area (Å²) < 4.78 is 4.98. The molecule has 4 rings (SSSR count). The first-order valence-corrected chi connectivity index (χ1v) is 9.94. The topological polar surface area (TPSA) is 83.3 Å². The summed E-state index contributed by atoms with van der Waals surface area (Å²) in [7, 11) is 1.31. The predicted octanol–water partition coefficient (Wildman–Crippen LogP) is 4.12. The molecule has 0 amide bonds. The molecule has 0 radical (unpaired) electrons. The number of methoxy groups -OCH3 is 1. The summed E-state index contributed by atoms with van der Waals surface area (Å²) in [5, 5.41) is 10.1. The van der Waals surface area contributed by atoms with E-state index in [0.29, 0.717) is 23.5 Å². The van der Waals surface area contributed by atoms with Gasteiger partial charge in [-0.15, -0.1) is 0 Å². The lowest BCUT2D eigenvalue weighted by atomic mass is 9.87. The molecule has 31 heavy (non-hydrogen) atoms. The maximum atomic E-state index is 12.7. The van der Waals surface area contributed by atoms with E-state index in [0.717, 1.165) is 11.1 Å². The minimum Gasteiger partial charge on any atom is -0.465 e. The molecule has 0 saturated heterocycles. The van der Waals surface area contributed by atoms with Gasteiger partial charge in [-0.25, -0.2) is 9.78 Å². The Labute approximate surface area is 180 Å². The third-order valence-electron chi connectivity index (χ3n) is 5.55. The van der Waals surface area contributed by atoms with Crippen molar-refractivity contribution >= 4 is 17.6 Å². The van der Waals surface area contributed by atoms with Crippen LogP contribution in [0.15, 0.2) is 66.9 Å². The summed E-state index contributed by atoms with van der Waals surface area (Å²) in [4.78, 5) is 31.7. The number of rotatable bonds is 5. The molecule has 6 heteroatoms. The van der Waals surface area contributed by atoms with Crippen molar-refractivity contribution in [2.75, 3.05) is 12.0 Å². The van der Waals surface area contributed by atoms with Gasteiger partial charge in [0, 0.05) is 23.9 Å². The zero-order valence-electron chi connectivity index (χ0n) is 17.3. The predicted molar refractivity (Wildman–Crippen MR) is 116 cm³/mol. The molecule has 154 valence electrons. The van der Waals surface area contributed by atoms with E-state index in [9.17, 15) is 14.9 Å². The van der Waals surface area contributed by atoms with Crippen molar-refractivity contribution < 1.29 is 14.3 Å². The molecule has 1 aliphatic rings. The summed E-state index contributed by atoms with van der Waals surface area (Å²) >= 11 is 0. The van der Waals surface area contributed by atoms with Crippen LogP contribution in [-0.4, -0.2) is 29.9 Å². The number of hydrogen-bond donors (Lipinski definition) is 0. The first-order valence-electron chi connectivity index (χ1n) is 9.94. The van der Waals surface area contributed by atoms with Crippen molar-refractivity contribution in [2.45, 2.75) is 25.4 Å². The number of carbonyl (C=O) groups is 2. The number of ketones is 1. The molecule has 2 unspecified atom stereocenters. The Morgan fingerprint density at radius 1 is 1.10 bits per heavy atom. The van der Waals surface area contributed by atoms with Crippen molar-refractivity contribution in [1.29, 1.82) is 5.26 Å². The van der Waals surface area contributed by atoms with Crippen LogP contribution >= 0.6 is 0 Å². The van der Waals surface area contributed by atoms with Crippen LogP contribution in [0.2, 0.25) is 0 Å². The summed E-state index contributed by atoms with van der Waals surface area (Å²) in [6, 6.07) is 20.7. The number of Topliss-reactive ketones (excluding diaryl/α,β-unsaturated/α-hetero) is 1. The van der Waals surface area contributed by atoms with Gasteiger partial charge in [0.2, 0.25) is 0 Å². The van der Waals surface area contributed by atoms with Gasteiger partial charge in [0.25, 0.3) is 0 Å². The molecule has 0 fully saturated rings. The molecule has 1 aliphatic heterocycles. The van der Waals surface area contributed by atoms with Crippen molar-refractivity contribution in [2.24, 2.45) is 0 Å². The number of ether oxygens (including phenoxy) is 1. The molecule has 2 aromatic carbocycles. The Balaban J connectivity index is 1.98. The number of anilines is 1. The maximum Gasteiger partial charge on any atom is 0.340 e. The Bertz CT molecular complexity index is 1170. The van der Waals surface area contributed by atoms with Gasteiger partial charge in [-0.1, -0.05) is 60.7 Å². The number of nitrogens with zero attached hydrogens (tertiary/aromatic N) is 3. The molecule has 0 aliphatic carbocycles. The summed E-state index contributed by atoms with van der Waals surface area (Å²) in [5.74, 6) is -0.878. The number of pyridine rings is 1. The summed E-state index contributed by atoms with van der Waals surface area (Å²) in [6.07, 6.45) is 1.47. The van der Waals surface area contributed by atoms with E-state index in [4.69, 9.17) is 4.74 Å². The van der Waals surface area contributed by atoms with Crippen molar-refractivity contribution in [3.05, 3.63) is 83.6 Å².